The Morgan fingerprint density at radius 2 is 2.16 bits per heavy atom. The first-order chi connectivity index (χ1) is 8.86. The molecule has 0 saturated heterocycles. The number of hydrogen-bond acceptors (Lipinski definition) is 5. The van der Waals surface area contributed by atoms with Crippen LogP contribution in [0.2, 0.25) is 0 Å². The molecule has 7 nitrogen and oxygen atoms in total. The van der Waals surface area contributed by atoms with Gasteiger partial charge in [0.2, 0.25) is 5.82 Å². The molecule has 19 heavy (non-hydrogen) atoms. The van der Waals surface area contributed by atoms with Crippen LogP contribution in [0.4, 0.5) is 11.5 Å². The van der Waals surface area contributed by atoms with Gasteiger partial charge in [0.15, 0.2) is 5.69 Å². The minimum Gasteiger partial charge on any atom is -0.477 e. The Morgan fingerprint density at radius 3 is 2.63 bits per heavy atom. The number of aromatic carboxylic acids is 1. The zero-order valence-electron chi connectivity index (χ0n) is 11.1. The zero-order valence-corrected chi connectivity index (χ0v) is 11.1. The number of nitrogens with zero attached hydrogens (tertiary/aromatic N) is 2. The number of carboxylic acid groups (broad SMARTS) is 1. The summed E-state index contributed by atoms with van der Waals surface area (Å²) in [6, 6.07) is 2.24. The SMILES string of the molecule is CCC(C)C(C)Nc1nc(C(=O)O)ccc1[N+](=O)[O-]. The lowest BCUT2D eigenvalue weighted by atomic mass is 10.0. The van der Waals surface area contributed by atoms with Gasteiger partial charge in [-0.05, 0) is 18.9 Å². The fourth-order valence-corrected chi connectivity index (χ4v) is 1.54. The highest BCUT2D eigenvalue weighted by Crippen LogP contribution is 2.24. The van der Waals surface area contributed by atoms with Gasteiger partial charge in [0.05, 0.1) is 4.92 Å². The highest BCUT2D eigenvalue weighted by atomic mass is 16.6. The largest absolute Gasteiger partial charge is 0.477 e. The van der Waals surface area contributed by atoms with Crippen LogP contribution in [0.1, 0.15) is 37.7 Å². The Bertz CT molecular complexity index is 490. The number of nitro groups is 1. The van der Waals surface area contributed by atoms with Gasteiger partial charge >= 0.3 is 11.7 Å². The molecule has 0 aliphatic heterocycles. The van der Waals surface area contributed by atoms with Gasteiger partial charge in [-0.3, -0.25) is 10.1 Å². The van der Waals surface area contributed by atoms with E-state index in [-0.39, 0.29) is 29.2 Å². The Balaban J connectivity index is 3.11. The number of carboxylic acids is 1. The molecular formula is C12H17N3O4. The molecule has 0 radical (unpaired) electrons. The van der Waals surface area contributed by atoms with Crippen molar-refractivity contribution >= 4 is 17.5 Å². The fraction of sp³-hybridized carbons (Fsp3) is 0.500. The molecule has 1 rings (SSSR count). The predicted octanol–water partition coefficient (Wildman–Crippen LogP) is 2.53. The maximum atomic E-state index is 10.9. The van der Waals surface area contributed by atoms with Crippen molar-refractivity contribution in [3.63, 3.8) is 0 Å². The second-order valence-electron chi connectivity index (χ2n) is 4.45. The van der Waals surface area contributed by atoms with E-state index in [1.807, 2.05) is 20.8 Å². The van der Waals surface area contributed by atoms with Gasteiger partial charge in [0, 0.05) is 12.1 Å². The number of aromatic nitrogens is 1. The van der Waals surface area contributed by atoms with E-state index in [1.165, 1.54) is 0 Å². The van der Waals surface area contributed by atoms with Gasteiger partial charge < -0.3 is 10.4 Å². The molecule has 0 aromatic carbocycles. The van der Waals surface area contributed by atoms with Crippen molar-refractivity contribution in [2.45, 2.75) is 33.2 Å². The van der Waals surface area contributed by atoms with Crippen molar-refractivity contribution in [2.75, 3.05) is 5.32 Å². The quantitative estimate of drug-likeness (QED) is 0.606. The number of carbonyl (C=O) groups is 1. The number of anilines is 1. The average molecular weight is 267 g/mol. The van der Waals surface area contributed by atoms with Crippen LogP contribution < -0.4 is 5.32 Å². The van der Waals surface area contributed by atoms with E-state index in [0.29, 0.717) is 0 Å². The molecule has 2 N–H and O–H groups in total. The van der Waals surface area contributed by atoms with E-state index in [2.05, 4.69) is 10.3 Å². The van der Waals surface area contributed by atoms with Gasteiger partial charge in [-0.25, -0.2) is 9.78 Å². The lowest BCUT2D eigenvalue weighted by Gasteiger charge is -2.20. The Labute approximate surface area is 110 Å². The highest BCUT2D eigenvalue weighted by Gasteiger charge is 2.21. The van der Waals surface area contributed by atoms with Crippen molar-refractivity contribution in [1.29, 1.82) is 0 Å². The fourth-order valence-electron chi connectivity index (χ4n) is 1.54. The van der Waals surface area contributed by atoms with Crippen molar-refractivity contribution in [1.82, 2.24) is 4.98 Å². The third-order valence-electron chi connectivity index (χ3n) is 3.15. The zero-order chi connectivity index (χ0) is 14.6. The molecule has 0 saturated carbocycles. The van der Waals surface area contributed by atoms with Crippen LogP contribution in [-0.4, -0.2) is 27.0 Å². The minimum atomic E-state index is -1.21. The number of hydrogen-bond donors (Lipinski definition) is 2. The van der Waals surface area contributed by atoms with E-state index in [9.17, 15) is 14.9 Å². The normalized spacial score (nSPS) is 13.6. The molecule has 1 aromatic rings. The Morgan fingerprint density at radius 1 is 1.53 bits per heavy atom. The monoisotopic (exact) mass is 267 g/mol. The summed E-state index contributed by atoms with van der Waals surface area (Å²) in [5.41, 5.74) is -0.440. The highest BCUT2D eigenvalue weighted by molar-refractivity contribution is 5.86. The van der Waals surface area contributed by atoms with E-state index >= 15 is 0 Å². The van der Waals surface area contributed by atoms with Crippen LogP contribution in [0.3, 0.4) is 0 Å². The summed E-state index contributed by atoms with van der Waals surface area (Å²) in [5, 5.41) is 22.7. The van der Waals surface area contributed by atoms with E-state index < -0.39 is 10.9 Å². The molecule has 2 atom stereocenters. The lowest BCUT2D eigenvalue weighted by molar-refractivity contribution is -0.384. The molecular weight excluding hydrogens is 250 g/mol. The molecule has 1 aromatic heterocycles. The van der Waals surface area contributed by atoms with Gasteiger partial charge in [0.1, 0.15) is 0 Å². The maximum absolute atomic E-state index is 10.9. The van der Waals surface area contributed by atoms with Crippen molar-refractivity contribution in [3.8, 4) is 0 Å². The lowest BCUT2D eigenvalue weighted by Crippen LogP contribution is -2.24. The number of nitrogens with one attached hydrogen (secondary N) is 1. The first-order valence-corrected chi connectivity index (χ1v) is 6.02. The second kappa shape index (κ2) is 6.12. The van der Waals surface area contributed by atoms with Crippen LogP contribution in [0.5, 0.6) is 0 Å². The summed E-state index contributed by atoms with van der Waals surface area (Å²) >= 11 is 0. The molecule has 0 bridgehead atoms. The second-order valence-corrected chi connectivity index (χ2v) is 4.45. The summed E-state index contributed by atoms with van der Waals surface area (Å²) in [6.07, 6.45) is 0.903. The molecule has 0 fully saturated rings. The summed E-state index contributed by atoms with van der Waals surface area (Å²) in [6.45, 7) is 5.90. The molecule has 104 valence electrons. The minimum absolute atomic E-state index is 0.00213. The number of rotatable bonds is 6. The number of pyridine rings is 1. The summed E-state index contributed by atoms with van der Waals surface area (Å²) in [4.78, 5) is 25.0. The van der Waals surface area contributed by atoms with Crippen LogP contribution in [0.25, 0.3) is 0 Å². The summed E-state index contributed by atoms with van der Waals surface area (Å²) < 4.78 is 0. The average Bonchev–Trinajstić information content (AvgIpc) is 2.37. The van der Waals surface area contributed by atoms with Gasteiger partial charge in [-0.1, -0.05) is 20.3 Å². The van der Waals surface area contributed by atoms with Gasteiger partial charge in [0.25, 0.3) is 0 Å². The van der Waals surface area contributed by atoms with Crippen molar-refractivity contribution < 1.29 is 14.8 Å². The standard InChI is InChI=1S/C12H17N3O4/c1-4-7(2)8(3)13-11-10(15(18)19)6-5-9(14-11)12(16)17/h5-8H,4H2,1-3H3,(H,13,14)(H,16,17). The Kier molecular flexibility index (Phi) is 4.80. The van der Waals surface area contributed by atoms with Crippen molar-refractivity contribution in [2.24, 2.45) is 5.92 Å². The van der Waals surface area contributed by atoms with Crippen LogP contribution in [-0.2, 0) is 0 Å². The predicted molar refractivity (Wildman–Crippen MR) is 70.4 cm³/mol. The van der Waals surface area contributed by atoms with E-state index in [1.54, 1.807) is 0 Å². The van der Waals surface area contributed by atoms with Crippen LogP contribution in [0, 0.1) is 16.0 Å². The maximum Gasteiger partial charge on any atom is 0.354 e. The first kappa shape index (κ1) is 14.9. The smallest absolute Gasteiger partial charge is 0.354 e. The van der Waals surface area contributed by atoms with Gasteiger partial charge in [-0.2, -0.15) is 0 Å². The van der Waals surface area contributed by atoms with E-state index in [4.69, 9.17) is 5.11 Å². The summed E-state index contributed by atoms with van der Waals surface area (Å²) in [5.74, 6) is -0.929. The topological polar surface area (TPSA) is 105 Å². The molecule has 0 aliphatic rings. The summed E-state index contributed by atoms with van der Waals surface area (Å²) in [7, 11) is 0. The molecule has 1 heterocycles. The van der Waals surface area contributed by atoms with Crippen LogP contribution in [0.15, 0.2) is 12.1 Å². The molecule has 0 amide bonds. The third-order valence-corrected chi connectivity index (χ3v) is 3.15. The molecule has 7 heteroatoms. The van der Waals surface area contributed by atoms with Crippen molar-refractivity contribution in [3.05, 3.63) is 27.9 Å². The molecule has 0 spiro atoms. The first-order valence-electron chi connectivity index (χ1n) is 6.02. The third kappa shape index (κ3) is 3.64. The van der Waals surface area contributed by atoms with Gasteiger partial charge in [-0.15, -0.1) is 0 Å². The molecule has 2 unspecified atom stereocenters. The van der Waals surface area contributed by atoms with Crippen LogP contribution >= 0.6 is 0 Å². The van der Waals surface area contributed by atoms with E-state index in [0.717, 1.165) is 18.6 Å². The Hall–Kier alpha value is -2.18. The molecule has 0 aliphatic carbocycles.